The molecule has 2 fully saturated rings. The third-order valence-corrected chi connectivity index (χ3v) is 7.90. The van der Waals surface area contributed by atoms with Crippen molar-refractivity contribution in [2.45, 2.75) is 44.1 Å². The van der Waals surface area contributed by atoms with Gasteiger partial charge in [0.2, 0.25) is 0 Å². The summed E-state index contributed by atoms with van der Waals surface area (Å²) in [7, 11) is 0. The first-order chi connectivity index (χ1) is 16.1. The van der Waals surface area contributed by atoms with E-state index < -0.39 is 0 Å². The minimum Gasteiger partial charge on any atom is -0.493 e. The summed E-state index contributed by atoms with van der Waals surface area (Å²) in [6.07, 6.45) is 5.65. The molecule has 2 heterocycles. The second-order valence-electron chi connectivity index (χ2n) is 9.79. The van der Waals surface area contributed by atoms with Gasteiger partial charge in [-0.05, 0) is 87.0 Å². The Kier molecular flexibility index (Phi) is 6.57. The van der Waals surface area contributed by atoms with Crippen LogP contribution < -0.4 is 10.1 Å². The summed E-state index contributed by atoms with van der Waals surface area (Å²) in [5, 5.41) is 13.1. The topological polar surface area (TPSA) is 65.4 Å². The number of fused-ring (bicyclic) bond motifs is 3. The lowest BCUT2D eigenvalue weighted by molar-refractivity contribution is 0.0920. The smallest absolute Gasteiger partial charge is 0.251 e. The van der Waals surface area contributed by atoms with E-state index in [9.17, 15) is 10.1 Å². The number of nitrogens with one attached hydrogen (secondary N) is 1. The summed E-state index contributed by atoms with van der Waals surface area (Å²) in [6.45, 7) is 4.03. The number of halogens is 1. The van der Waals surface area contributed by atoms with Gasteiger partial charge in [0.25, 0.3) is 5.91 Å². The zero-order chi connectivity index (χ0) is 22.8. The first-order valence-corrected chi connectivity index (χ1v) is 12.4. The van der Waals surface area contributed by atoms with Gasteiger partial charge < -0.3 is 15.0 Å². The molecular weight excluding hydrogens is 434 g/mol. The van der Waals surface area contributed by atoms with Gasteiger partial charge in [0.15, 0.2) is 0 Å². The van der Waals surface area contributed by atoms with Gasteiger partial charge >= 0.3 is 0 Å². The Bertz CT molecular complexity index is 1040. The van der Waals surface area contributed by atoms with Crippen molar-refractivity contribution in [2.75, 3.05) is 26.2 Å². The zero-order valence-electron chi connectivity index (χ0n) is 18.8. The molecule has 5 rings (SSSR count). The van der Waals surface area contributed by atoms with E-state index in [-0.39, 0.29) is 11.9 Å². The maximum Gasteiger partial charge on any atom is 0.251 e. The number of likely N-dealkylation sites (tertiary alicyclic amines) is 1. The molecule has 172 valence electrons. The van der Waals surface area contributed by atoms with Crippen molar-refractivity contribution < 1.29 is 9.53 Å². The molecule has 0 aromatic heterocycles. The van der Waals surface area contributed by atoms with Crippen LogP contribution in [0.15, 0.2) is 42.5 Å². The highest BCUT2D eigenvalue weighted by molar-refractivity contribution is 6.30. The molecule has 0 unspecified atom stereocenters. The van der Waals surface area contributed by atoms with E-state index in [0.717, 1.165) is 56.3 Å². The molecule has 6 heteroatoms. The Morgan fingerprint density at radius 1 is 1.12 bits per heavy atom. The minimum atomic E-state index is -0.00292. The Hall–Kier alpha value is -2.55. The van der Waals surface area contributed by atoms with Crippen molar-refractivity contribution in [3.8, 4) is 11.8 Å². The van der Waals surface area contributed by atoms with Gasteiger partial charge in [-0.15, -0.1) is 0 Å². The normalized spacial score (nSPS) is 26.5. The van der Waals surface area contributed by atoms with Crippen molar-refractivity contribution in [3.63, 3.8) is 0 Å². The van der Waals surface area contributed by atoms with Crippen LogP contribution in [0.1, 0.15) is 59.5 Å². The van der Waals surface area contributed by atoms with Crippen LogP contribution in [0.3, 0.4) is 0 Å². The summed E-state index contributed by atoms with van der Waals surface area (Å²) in [5.74, 6) is 2.67. The highest BCUT2D eigenvalue weighted by Crippen LogP contribution is 2.42. The zero-order valence-corrected chi connectivity index (χ0v) is 19.6. The van der Waals surface area contributed by atoms with Gasteiger partial charge in [0, 0.05) is 47.1 Å². The number of hydrogen-bond acceptors (Lipinski definition) is 4. The number of benzene rings is 2. The lowest BCUT2D eigenvalue weighted by Gasteiger charge is -2.30. The molecule has 1 saturated carbocycles. The Morgan fingerprint density at radius 2 is 1.91 bits per heavy atom. The quantitative estimate of drug-likeness (QED) is 0.677. The van der Waals surface area contributed by atoms with Crippen molar-refractivity contribution in [3.05, 3.63) is 64.2 Å². The number of ether oxygens (including phenoxy) is 1. The Balaban J connectivity index is 1.08. The summed E-state index contributed by atoms with van der Waals surface area (Å²) in [5.41, 5.74) is 2.60. The molecule has 33 heavy (non-hydrogen) atoms. The van der Waals surface area contributed by atoms with Crippen LogP contribution in [0.2, 0.25) is 5.02 Å². The van der Waals surface area contributed by atoms with Gasteiger partial charge in [0.05, 0.1) is 18.2 Å². The van der Waals surface area contributed by atoms with Gasteiger partial charge in [0.1, 0.15) is 5.75 Å². The highest BCUT2D eigenvalue weighted by atomic mass is 35.5. The molecule has 2 aromatic carbocycles. The molecule has 0 spiro atoms. The van der Waals surface area contributed by atoms with Crippen molar-refractivity contribution in [1.29, 1.82) is 5.26 Å². The van der Waals surface area contributed by atoms with Crippen LogP contribution in [0.4, 0.5) is 0 Å². The summed E-state index contributed by atoms with van der Waals surface area (Å²) in [6, 6.07) is 15.4. The lowest BCUT2D eigenvalue weighted by Crippen LogP contribution is -2.38. The highest BCUT2D eigenvalue weighted by Gasteiger charge is 2.39. The van der Waals surface area contributed by atoms with Crippen molar-refractivity contribution in [1.82, 2.24) is 10.2 Å². The monoisotopic (exact) mass is 463 g/mol. The number of nitrogens with zero attached hydrogens (tertiary/aromatic N) is 2. The van der Waals surface area contributed by atoms with E-state index >= 15 is 0 Å². The third-order valence-electron chi connectivity index (χ3n) is 7.65. The lowest BCUT2D eigenvalue weighted by atomic mass is 9.84. The first-order valence-electron chi connectivity index (χ1n) is 12.0. The SMILES string of the molecule is N#Cc1ccc2c(c1)[C@@H]1CN(CCC3CCC(NC(=O)c4ccc(Cl)cc4)CC3)C[C@H]1CO2. The average molecular weight is 464 g/mol. The first kappa shape index (κ1) is 22.3. The second-order valence-corrected chi connectivity index (χ2v) is 10.2. The predicted octanol–water partition coefficient (Wildman–Crippen LogP) is 5.00. The molecular formula is C27H30ClN3O2. The summed E-state index contributed by atoms with van der Waals surface area (Å²) >= 11 is 5.92. The van der Waals surface area contributed by atoms with E-state index in [1.54, 1.807) is 24.3 Å². The molecule has 1 aliphatic carbocycles. The van der Waals surface area contributed by atoms with Gasteiger partial charge in [-0.2, -0.15) is 5.26 Å². The van der Waals surface area contributed by atoms with E-state index in [2.05, 4.69) is 16.3 Å². The fraction of sp³-hybridized carbons (Fsp3) is 0.481. The molecule has 0 radical (unpaired) electrons. The Labute approximate surface area is 200 Å². The van der Waals surface area contributed by atoms with Crippen LogP contribution in [-0.2, 0) is 0 Å². The molecule has 5 nitrogen and oxygen atoms in total. The molecule has 0 bridgehead atoms. The van der Waals surface area contributed by atoms with Crippen LogP contribution in [0, 0.1) is 23.2 Å². The standard InChI is InChI=1S/C27H30ClN3O2/c28-22-6-4-20(5-7-22)27(32)30-23-8-1-18(2-9-23)11-12-31-15-21-17-33-26-10-3-19(14-29)13-24(26)25(21)16-31/h3-7,10,13,18,21,23,25H,1-2,8-9,11-12,15-17H2,(H,30,32)/t18?,21-,23?,25+/m0/s1. The maximum atomic E-state index is 12.5. The summed E-state index contributed by atoms with van der Waals surface area (Å²) in [4.78, 5) is 15.1. The fourth-order valence-electron chi connectivity index (χ4n) is 5.73. The second kappa shape index (κ2) is 9.75. The van der Waals surface area contributed by atoms with Crippen LogP contribution in [0.5, 0.6) is 5.75 Å². The number of carbonyl (C=O) groups is 1. The maximum absolute atomic E-state index is 12.5. The predicted molar refractivity (Wildman–Crippen MR) is 129 cm³/mol. The number of nitriles is 1. The van der Waals surface area contributed by atoms with Gasteiger partial charge in [-0.1, -0.05) is 11.6 Å². The molecule has 1 saturated heterocycles. The van der Waals surface area contributed by atoms with Crippen molar-refractivity contribution >= 4 is 17.5 Å². The van der Waals surface area contributed by atoms with E-state index in [0.29, 0.717) is 22.4 Å². The van der Waals surface area contributed by atoms with E-state index in [1.165, 1.54) is 24.8 Å². The van der Waals surface area contributed by atoms with Crippen LogP contribution in [0.25, 0.3) is 0 Å². The van der Waals surface area contributed by atoms with Gasteiger partial charge in [-0.25, -0.2) is 0 Å². The average Bonchev–Trinajstić information content (AvgIpc) is 3.27. The van der Waals surface area contributed by atoms with Gasteiger partial charge in [-0.3, -0.25) is 4.79 Å². The largest absolute Gasteiger partial charge is 0.493 e. The fourth-order valence-corrected chi connectivity index (χ4v) is 5.86. The molecule has 3 aliphatic rings. The molecule has 2 aromatic rings. The minimum absolute atomic E-state index is 0.00292. The molecule has 2 atom stereocenters. The third kappa shape index (κ3) is 5.03. The van der Waals surface area contributed by atoms with Crippen LogP contribution in [-0.4, -0.2) is 43.1 Å². The number of rotatable bonds is 5. The van der Waals surface area contributed by atoms with Crippen LogP contribution >= 0.6 is 11.6 Å². The van der Waals surface area contributed by atoms with E-state index in [1.807, 2.05) is 18.2 Å². The Morgan fingerprint density at radius 3 is 2.67 bits per heavy atom. The van der Waals surface area contributed by atoms with E-state index in [4.69, 9.17) is 16.3 Å². The molecule has 1 amide bonds. The number of carbonyl (C=O) groups excluding carboxylic acids is 1. The molecule has 1 N–H and O–H groups in total. The molecule has 2 aliphatic heterocycles. The summed E-state index contributed by atoms with van der Waals surface area (Å²) < 4.78 is 5.98. The number of hydrogen-bond donors (Lipinski definition) is 1. The van der Waals surface area contributed by atoms with Crippen molar-refractivity contribution in [2.24, 2.45) is 11.8 Å². The number of amides is 1.